The number of carbonyl (C=O) groups excluding carboxylic acids is 2. The summed E-state index contributed by atoms with van der Waals surface area (Å²) in [6, 6.07) is 25.3. The standard InChI is InChI=1S/C24H22N2O3/c1-26(20-13-15-21(29-2)16-14-20)24(28)22(17-18-9-5-3-6-10-18)25-23(27)19-11-7-4-8-12-19/h3-17H,1-2H3,(H,25,27)/b22-17-. The summed E-state index contributed by atoms with van der Waals surface area (Å²) in [4.78, 5) is 27.3. The Morgan fingerprint density at radius 3 is 2.03 bits per heavy atom. The molecule has 0 saturated heterocycles. The molecule has 1 N–H and O–H groups in total. The molecule has 2 amide bonds. The molecule has 3 aromatic carbocycles. The van der Waals surface area contributed by atoms with Gasteiger partial charge >= 0.3 is 0 Å². The van der Waals surface area contributed by atoms with E-state index in [0.717, 1.165) is 5.56 Å². The van der Waals surface area contributed by atoms with Gasteiger partial charge < -0.3 is 15.0 Å². The van der Waals surface area contributed by atoms with E-state index in [9.17, 15) is 9.59 Å². The smallest absolute Gasteiger partial charge is 0.274 e. The fourth-order valence-corrected chi connectivity index (χ4v) is 2.75. The van der Waals surface area contributed by atoms with Crippen molar-refractivity contribution in [3.8, 4) is 5.75 Å². The van der Waals surface area contributed by atoms with Crippen molar-refractivity contribution in [3.63, 3.8) is 0 Å². The number of ether oxygens (including phenoxy) is 1. The molecule has 0 aliphatic heterocycles. The van der Waals surface area contributed by atoms with Gasteiger partial charge in [0.1, 0.15) is 11.4 Å². The zero-order chi connectivity index (χ0) is 20.6. The molecule has 0 aromatic heterocycles. The van der Waals surface area contributed by atoms with E-state index in [0.29, 0.717) is 17.0 Å². The topological polar surface area (TPSA) is 58.6 Å². The third-order valence-corrected chi connectivity index (χ3v) is 4.39. The third kappa shape index (κ3) is 5.11. The zero-order valence-electron chi connectivity index (χ0n) is 16.3. The molecule has 5 heteroatoms. The van der Waals surface area contributed by atoms with Crippen LogP contribution in [0.4, 0.5) is 5.69 Å². The highest BCUT2D eigenvalue weighted by Crippen LogP contribution is 2.20. The number of nitrogens with zero attached hydrogens (tertiary/aromatic N) is 1. The summed E-state index contributed by atoms with van der Waals surface area (Å²) in [5.41, 5.74) is 2.16. The highest BCUT2D eigenvalue weighted by Gasteiger charge is 2.19. The first-order valence-corrected chi connectivity index (χ1v) is 9.14. The predicted octanol–water partition coefficient (Wildman–Crippen LogP) is 4.13. The van der Waals surface area contributed by atoms with E-state index >= 15 is 0 Å². The first-order valence-electron chi connectivity index (χ1n) is 9.14. The number of amides is 2. The summed E-state index contributed by atoms with van der Waals surface area (Å²) in [5, 5.41) is 2.76. The van der Waals surface area contributed by atoms with Crippen molar-refractivity contribution in [3.05, 3.63) is 102 Å². The van der Waals surface area contributed by atoms with Gasteiger partial charge in [-0.1, -0.05) is 48.5 Å². The molecule has 3 rings (SSSR count). The Balaban J connectivity index is 1.90. The van der Waals surface area contributed by atoms with Gasteiger partial charge in [-0.2, -0.15) is 0 Å². The van der Waals surface area contributed by atoms with Gasteiger partial charge in [-0.15, -0.1) is 0 Å². The fourth-order valence-electron chi connectivity index (χ4n) is 2.75. The number of anilines is 1. The number of benzene rings is 3. The number of hydrogen-bond acceptors (Lipinski definition) is 3. The molecule has 3 aromatic rings. The van der Waals surface area contributed by atoms with Crippen LogP contribution in [0.25, 0.3) is 6.08 Å². The molecule has 29 heavy (non-hydrogen) atoms. The van der Waals surface area contributed by atoms with E-state index in [4.69, 9.17) is 4.74 Å². The van der Waals surface area contributed by atoms with Gasteiger partial charge in [0, 0.05) is 18.3 Å². The Kier molecular flexibility index (Phi) is 6.43. The molecule has 0 heterocycles. The Labute approximate surface area is 170 Å². The van der Waals surface area contributed by atoms with Crippen molar-refractivity contribution >= 4 is 23.6 Å². The Hall–Kier alpha value is -3.86. The molecular formula is C24H22N2O3. The van der Waals surface area contributed by atoms with Gasteiger partial charge in [0.05, 0.1) is 7.11 Å². The van der Waals surface area contributed by atoms with Crippen molar-refractivity contribution in [1.29, 1.82) is 0 Å². The summed E-state index contributed by atoms with van der Waals surface area (Å²) in [6.07, 6.45) is 1.67. The number of nitrogens with one attached hydrogen (secondary N) is 1. The summed E-state index contributed by atoms with van der Waals surface area (Å²) in [7, 11) is 3.25. The van der Waals surface area contributed by atoms with Gasteiger partial charge in [0.2, 0.25) is 0 Å². The lowest BCUT2D eigenvalue weighted by atomic mass is 10.1. The number of likely N-dealkylation sites (N-methyl/N-ethyl adjacent to an activating group) is 1. The molecule has 0 radical (unpaired) electrons. The van der Waals surface area contributed by atoms with E-state index < -0.39 is 0 Å². The van der Waals surface area contributed by atoms with Crippen molar-refractivity contribution in [1.82, 2.24) is 5.32 Å². The summed E-state index contributed by atoms with van der Waals surface area (Å²) in [6.45, 7) is 0. The monoisotopic (exact) mass is 386 g/mol. The first kappa shape index (κ1) is 19.9. The average Bonchev–Trinajstić information content (AvgIpc) is 2.79. The largest absolute Gasteiger partial charge is 0.497 e. The van der Waals surface area contributed by atoms with E-state index in [1.807, 2.05) is 36.4 Å². The fraction of sp³-hybridized carbons (Fsp3) is 0.0833. The van der Waals surface area contributed by atoms with E-state index in [1.54, 1.807) is 68.8 Å². The lowest BCUT2D eigenvalue weighted by molar-refractivity contribution is -0.115. The van der Waals surface area contributed by atoms with Gasteiger partial charge in [-0.25, -0.2) is 0 Å². The Morgan fingerprint density at radius 2 is 1.45 bits per heavy atom. The highest BCUT2D eigenvalue weighted by molar-refractivity contribution is 6.11. The summed E-state index contributed by atoms with van der Waals surface area (Å²) < 4.78 is 5.17. The zero-order valence-corrected chi connectivity index (χ0v) is 16.3. The predicted molar refractivity (Wildman–Crippen MR) is 115 cm³/mol. The van der Waals surface area contributed by atoms with Crippen LogP contribution in [0.5, 0.6) is 5.75 Å². The second-order valence-corrected chi connectivity index (χ2v) is 6.35. The van der Waals surface area contributed by atoms with Crippen LogP contribution >= 0.6 is 0 Å². The second kappa shape index (κ2) is 9.37. The molecule has 0 unspecified atom stereocenters. The molecule has 0 fully saturated rings. The van der Waals surface area contributed by atoms with Crippen LogP contribution < -0.4 is 15.0 Å². The molecule has 0 bridgehead atoms. The van der Waals surface area contributed by atoms with Crippen LogP contribution in [-0.4, -0.2) is 26.0 Å². The molecule has 5 nitrogen and oxygen atoms in total. The van der Waals surface area contributed by atoms with Crippen LogP contribution in [-0.2, 0) is 4.79 Å². The van der Waals surface area contributed by atoms with Crippen molar-refractivity contribution in [2.24, 2.45) is 0 Å². The lowest BCUT2D eigenvalue weighted by Gasteiger charge is -2.20. The first-order chi connectivity index (χ1) is 14.1. The van der Waals surface area contributed by atoms with Crippen LogP contribution in [0.2, 0.25) is 0 Å². The quantitative estimate of drug-likeness (QED) is 0.648. The van der Waals surface area contributed by atoms with Crippen LogP contribution in [0.15, 0.2) is 90.6 Å². The number of methoxy groups -OCH3 is 1. The van der Waals surface area contributed by atoms with Crippen LogP contribution in [0.1, 0.15) is 15.9 Å². The van der Waals surface area contributed by atoms with E-state index in [2.05, 4.69) is 5.32 Å². The maximum Gasteiger partial charge on any atom is 0.274 e. The second-order valence-electron chi connectivity index (χ2n) is 6.35. The highest BCUT2D eigenvalue weighted by atomic mass is 16.5. The third-order valence-electron chi connectivity index (χ3n) is 4.39. The molecule has 0 saturated carbocycles. The minimum absolute atomic E-state index is 0.184. The molecule has 0 aliphatic carbocycles. The maximum absolute atomic E-state index is 13.2. The lowest BCUT2D eigenvalue weighted by Crippen LogP contribution is -2.36. The van der Waals surface area contributed by atoms with Crippen molar-refractivity contribution in [2.45, 2.75) is 0 Å². The van der Waals surface area contributed by atoms with Crippen molar-refractivity contribution < 1.29 is 14.3 Å². The molecular weight excluding hydrogens is 364 g/mol. The summed E-state index contributed by atoms with van der Waals surface area (Å²) in [5.74, 6) is 0.0274. The van der Waals surface area contributed by atoms with Gasteiger partial charge in [0.25, 0.3) is 11.8 Å². The molecule has 0 spiro atoms. The van der Waals surface area contributed by atoms with Crippen LogP contribution in [0, 0.1) is 0 Å². The number of carbonyl (C=O) groups is 2. The van der Waals surface area contributed by atoms with Gasteiger partial charge in [0.15, 0.2) is 0 Å². The SMILES string of the molecule is COc1ccc(N(C)C(=O)/C(=C/c2ccccc2)NC(=O)c2ccccc2)cc1. The summed E-state index contributed by atoms with van der Waals surface area (Å²) >= 11 is 0. The van der Waals surface area contributed by atoms with E-state index in [1.165, 1.54) is 4.90 Å². The molecule has 0 aliphatic rings. The number of hydrogen-bond donors (Lipinski definition) is 1. The maximum atomic E-state index is 13.2. The average molecular weight is 386 g/mol. The Bertz CT molecular complexity index is 997. The molecule has 0 atom stereocenters. The number of rotatable bonds is 6. The normalized spacial score (nSPS) is 10.9. The Morgan fingerprint density at radius 1 is 0.862 bits per heavy atom. The van der Waals surface area contributed by atoms with Gasteiger partial charge in [-0.05, 0) is 48.0 Å². The van der Waals surface area contributed by atoms with Crippen molar-refractivity contribution in [2.75, 3.05) is 19.1 Å². The molecule has 146 valence electrons. The van der Waals surface area contributed by atoms with Crippen LogP contribution in [0.3, 0.4) is 0 Å². The van der Waals surface area contributed by atoms with E-state index in [-0.39, 0.29) is 17.5 Å². The minimum Gasteiger partial charge on any atom is -0.497 e. The van der Waals surface area contributed by atoms with Gasteiger partial charge in [-0.3, -0.25) is 9.59 Å². The minimum atomic E-state index is -0.343.